The Kier molecular flexibility index (Phi) is 9.02. The summed E-state index contributed by atoms with van der Waals surface area (Å²) in [7, 11) is 2.09. The Morgan fingerprint density at radius 2 is 1.67 bits per heavy atom. The second-order valence-electron chi connectivity index (χ2n) is 7.37. The molecule has 1 aromatic carbocycles. The smallest absolute Gasteiger partial charge is 0.319 e. The fourth-order valence-corrected chi connectivity index (χ4v) is 3.05. The second-order valence-corrected chi connectivity index (χ2v) is 7.37. The van der Waals surface area contributed by atoms with Crippen LogP contribution in [0.1, 0.15) is 39.5 Å². The highest BCUT2D eigenvalue weighted by Crippen LogP contribution is 2.17. The van der Waals surface area contributed by atoms with Crippen LogP contribution >= 0.6 is 12.4 Å². The van der Waals surface area contributed by atoms with Gasteiger partial charge in [-0.3, -0.25) is 4.79 Å². The first-order valence-corrected chi connectivity index (χ1v) is 9.26. The van der Waals surface area contributed by atoms with Crippen LogP contribution in [0.5, 0.6) is 0 Å². The summed E-state index contributed by atoms with van der Waals surface area (Å²) in [5, 5.41) is 8.66. The Morgan fingerprint density at radius 1 is 1.15 bits per heavy atom. The molecule has 0 aliphatic carbocycles. The third-order valence-corrected chi connectivity index (χ3v) is 4.74. The minimum atomic E-state index is -0.889. The van der Waals surface area contributed by atoms with E-state index in [1.165, 1.54) is 0 Å². The number of likely N-dealkylation sites (tertiary alicyclic amines) is 1. The highest BCUT2D eigenvalue weighted by atomic mass is 35.5. The quantitative estimate of drug-likeness (QED) is 0.593. The maximum Gasteiger partial charge on any atom is 0.319 e. The van der Waals surface area contributed by atoms with Gasteiger partial charge in [-0.25, -0.2) is 4.79 Å². The SMILES string of the molecule is CCCC(C)(N)C(=O)Nc1ccc(NC(=O)NC2CCN(C)CC2)cc1.Cl. The van der Waals surface area contributed by atoms with E-state index in [-0.39, 0.29) is 30.4 Å². The van der Waals surface area contributed by atoms with Gasteiger partial charge in [0.1, 0.15) is 0 Å². The van der Waals surface area contributed by atoms with E-state index in [9.17, 15) is 9.59 Å². The largest absolute Gasteiger partial charge is 0.335 e. The van der Waals surface area contributed by atoms with E-state index in [4.69, 9.17) is 5.73 Å². The zero-order valence-corrected chi connectivity index (χ0v) is 17.2. The van der Waals surface area contributed by atoms with E-state index < -0.39 is 5.54 Å². The van der Waals surface area contributed by atoms with Crippen LogP contribution in [-0.2, 0) is 4.79 Å². The first kappa shape index (κ1) is 23.2. The van der Waals surface area contributed by atoms with E-state index in [0.29, 0.717) is 17.8 Å². The number of anilines is 2. The third-order valence-electron chi connectivity index (χ3n) is 4.74. The molecule has 0 bridgehead atoms. The monoisotopic (exact) mass is 397 g/mol. The second kappa shape index (κ2) is 10.5. The first-order chi connectivity index (χ1) is 12.3. The Labute approximate surface area is 167 Å². The van der Waals surface area contributed by atoms with Crippen molar-refractivity contribution in [3.05, 3.63) is 24.3 Å². The summed E-state index contributed by atoms with van der Waals surface area (Å²) in [6.07, 6.45) is 3.39. The van der Waals surface area contributed by atoms with Crippen molar-refractivity contribution in [3.8, 4) is 0 Å². The molecule has 1 aliphatic heterocycles. The normalized spacial score (nSPS) is 17.3. The molecule has 3 amide bonds. The van der Waals surface area contributed by atoms with Crippen molar-refractivity contribution in [1.29, 1.82) is 0 Å². The van der Waals surface area contributed by atoms with Crippen LogP contribution in [0.3, 0.4) is 0 Å². The van der Waals surface area contributed by atoms with Crippen molar-refractivity contribution in [2.45, 2.75) is 51.1 Å². The molecule has 0 radical (unpaired) electrons. The van der Waals surface area contributed by atoms with Crippen LogP contribution in [0, 0.1) is 0 Å². The first-order valence-electron chi connectivity index (χ1n) is 9.26. The summed E-state index contributed by atoms with van der Waals surface area (Å²) in [6.45, 7) is 5.72. The number of urea groups is 1. The summed E-state index contributed by atoms with van der Waals surface area (Å²) in [5.74, 6) is -0.208. The predicted octanol–water partition coefficient (Wildman–Crippen LogP) is 2.78. The van der Waals surface area contributed by atoms with Gasteiger partial charge < -0.3 is 26.6 Å². The molecule has 8 heteroatoms. The fourth-order valence-electron chi connectivity index (χ4n) is 3.05. The number of piperidine rings is 1. The van der Waals surface area contributed by atoms with E-state index >= 15 is 0 Å². The van der Waals surface area contributed by atoms with Crippen LogP contribution < -0.4 is 21.7 Å². The molecule has 1 aliphatic rings. The summed E-state index contributed by atoms with van der Waals surface area (Å²) < 4.78 is 0. The van der Waals surface area contributed by atoms with E-state index in [1.54, 1.807) is 31.2 Å². The Balaban J connectivity index is 0.00000364. The molecule has 0 spiro atoms. The Hall–Kier alpha value is -1.83. The maximum absolute atomic E-state index is 12.2. The summed E-state index contributed by atoms with van der Waals surface area (Å²) >= 11 is 0. The van der Waals surface area contributed by atoms with E-state index in [1.807, 2.05) is 6.92 Å². The number of halogens is 1. The number of benzene rings is 1. The summed E-state index contributed by atoms with van der Waals surface area (Å²) in [4.78, 5) is 26.6. The number of rotatable bonds is 6. The van der Waals surface area contributed by atoms with Gasteiger partial charge in [-0.2, -0.15) is 0 Å². The zero-order valence-electron chi connectivity index (χ0n) is 16.4. The molecular formula is C19H32ClN5O2. The van der Waals surface area contributed by atoms with Crippen molar-refractivity contribution in [1.82, 2.24) is 10.2 Å². The maximum atomic E-state index is 12.2. The van der Waals surface area contributed by atoms with Crippen molar-refractivity contribution in [2.24, 2.45) is 5.73 Å². The lowest BCUT2D eigenvalue weighted by molar-refractivity contribution is -0.120. The molecule has 1 heterocycles. The Morgan fingerprint density at radius 3 is 2.19 bits per heavy atom. The number of nitrogens with one attached hydrogen (secondary N) is 3. The molecule has 0 aromatic heterocycles. The van der Waals surface area contributed by atoms with Crippen molar-refractivity contribution in [2.75, 3.05) is 30.8 Å². The average molecular weight is 398 g/mol. The number of carbonyl (C=O) groups excluding carboxylic acids is 2. The lowest BCUT2D eigenvalue weighted by atomic mass is 9.96. The lowest BCUT2D eigenvalue weighted by Crippen LogP contribution is -2.48. The highest BCUT2D eigenvalue weighted by molar-refractivity contribution is 5.98. The van der Waals surface area contributed by atoms with Crippen molar-refractivity contribution >= 4 is 35.7 Å². The van der Waals surface area contributed by atoms with E-state index in [2.05, 4.69) is 27.9 Å². The molecule has 152 valence electrons. The number of amides is 3. The average Bonchev–Trinajstić information content (AvgIpc) is 2.58. The predicted molar refractivity (Wildman–Crippen MR) is 112 cm³/mol. The Bertz CT molecular complexity index is 613. The number of nitrogens with zero attached hydrogens (tertiary/aromatic N) is 1. The molecule has 1 fully saturated rings. The van der Waals surface area contributed by atoms with Gasteiger partial charge in [0.15, 0.2) is 0 Å². The van der Waals surface area contributed by atoms with Crippen LogP contribution in [0.4, 0.5) is 16.2 Å². The molecular weight excluding hydrogens is 366 g/mol. The topological polar surface area (TPSA) is 99.5 Å². The molecule has 1 aromatic rings. The van der Waals surface area contributed by atoms with Gasteiger partial charge in [0.25, 0.3) is 0 Å². The van der Waals surface area contributed by atoms with Gasteiger partial charge >= 0.3 is 6.03 Å². The van der Waals surface area contributed by atoms with Gasteiger partial charge in [-0.05, 0) is 70.6 Å². The van der Waals surface area contributed by atoms with Gasteiger partial charge in [-0.15, -0.1) is 12.4 Å². The van der Waals surface area contributed by atoms with Gasteiger partial charge in [0.05, 0.1) is 5.54 Å². The van der Waals surface area contributed by atoms with E-state index in [0.717, 1.165) is 32.4 Å². The van der Waals surface area contributed by atoms with Crippen LogP contribution in [0.15, 0.2) is 24.3 Å². The van der Waals surface area contributed by atoms with Crippen molar-refractivity contribution < 1.29 is 9.59 Å². The number of hydrogen-bond acceptors (Lipinski definition) is 4. The van der Waals surface area contributed by atoms with Gasteiger partial charge in [0.2, 0.25) is 5.91 Å². The molecule has 1 unspecified atom stereocenters. The number of carbonyl (C=O) groups is 2. The fraction of sp³-hybridized carbons (Fsp3) is 0.579. The van der Waals surface area contributed by atoms with Crippen LogP contribution in [0.2, 0.25) is 0 Å². The van der Waals surface area contributed by atoms with Crippen LogP contribution in [0.25, 0.3) is 0 Å². The third kappa shape index (κ3) is 7.36. The number of nitrogens with two attached hydrogens (primary N) is 1. The van der Waals surface area contributed by atoms with Crippen molar-refractivity contribution in [3.63, 3.8) is 0 Å². The lowest BCUT2D eigenvalue weighted by Gasteiger charge is -2.29. The molecule has 0 saturated carbocycles. The molecule has 27 heavy (non-hydrogen) atoms. The molecule has 2 rings (SSSR count). The molecule has 5 N–H and O–H groups in total. The zero-order chi connectivity index (χ0) is 19.2. The van der Waals surface area contributed by atoms with Gasteiger partial charge in [-0.1, -0.05) is 13.3 Å². The summed E-state index contributed by atoms with van der Waals surface area (Å²) in [5.41, 5.74) is 6.48. The molecule has 1 saturated heterocycles. The minimum absolute atomic E-state index is 0. The number of hydrogen-bond donors (Lipinski definition) is 4. The van der Waals surface area contributed by atoms with Crippen LogP contribution in [-0.4, -0.2) is 48.6 Å². The highest BCUT2D eigenvalue weighted by Gasteiger charge is 2.27. The standard InChI is InChI=1S/C19H31N5O2.ClH/c1-4-11-19(2,20)17(25)21-14-5-7-15(8-6-14)22-18(26)23-16-9-12-24(3)13-10-16;/h5-8,16H,4,9-13,20H2,1-3H3,(H,21,25)(H2,22,23,26);1H. The minimum Gasteiger partial charge on any atom is -0.335 e. The molecule has 1 atom stereocenters. The van der Waals surface area contributed by atoms with Gasteiger partial charge in [0, 0.05) is 17.4 Å². The molecule has 7 nitrogen and oxygen atoms in total. The summed E-state index contributed by atoms with van der Waals surface area (Å²) in [6, 6.07) is 7.05.